The van der Waals surface area contributed by atoms with Gasteiger partial charge in [0.2, 0.25) is 0 Å². The summed E-state index contributed by atoms with van der Waals surface area (Å²) < 4.78 is 8.13. The molecular formula is C26H24N6O3. The Hall–Kier alpha value is -4.66. The predicted octanol–water partition coefficient (Wildman–Crippen LogP) is 3.24. The Morgan fingerprint density at radius 1 is 0.743 bits per heavy atom. The maximum atomic E-state index is 13.7. The number of aryl methyl sites for hydroxylation is 2. The first-order chi connectivity index (χ1) is 17.0. The number of nitrogens with one attached hydrogen (secondary N) is 2. The van der Waals surface area contributed by atoms with Crippen molar-refractivity contribution in [2.24, 2.45) is 0 Å². The van der Waals surface area contributed by atoms with Crippen LogP contribution in [-0.4, -0.2) is 36.6 Å². The van der Waals surface area contributed by atoms with E-state index >= 15 is 0 Å². The highest BCUT2D eigenvalue weighted by molar-refractivity contribution is 5.47. The lowest BCUT2D eigenvalue weighted by molar-refractivity contribution is 0.414. The zero-order chi connectivity index (χ0) is 24.5. The minimum absolute atomic E-state index is 0.272. The van der Waals surface area contributed by atoms with E-state index in [-0.39, 0.29) is 11.1 Å². The fourth-order valence-electron chi connectivity index (χ4n) is 4.37. The molecule has 2 N–H and O–H groups in total. The van der Waals surface area contributed by atoms with Crippen LogP contribution in [0.3, 0.4) is 0 Å². The van der Waals surface area contributed by atoms with Crippen molar-refractivity contribution in [2.45, 2.75) is 19.8 Å². The van der Waals surface area contributed by atoms with Crippen molar-refractivity contribution < 1.29 is 4.74 Å². The molecule has 0 aliphatic heterocycles. The number of ether oxygens (including phenoxy) is 1. The molecule has 0 spiro atoms. The van der Waals surface area contributed by atoms with Crippen molar-refractivity contribution >= 4 is 0 Å². The summed E-state index contributed by atoms with van der Waals surface area (Å²) in [5, 5.41) is 6.27. The van der Waals surface area contributed by atoms with Gasteiger partial charge in [0.25, 0.3) is 11.1 Å². The van der Waals surface area contributed by atoms with Crippen LogP contribution in [0.5, 0.6) is 5.75 Å². The van der Waals surface area contributed by atoms with Crippen molar-refractivity contribution in [1.82, 2.24) is 29.5 Å². The van der Waals surface area contributed by atoms with Gasteiger partial charge >= 0.3 is 0 Å². The Bertz CT molecular complexity index is 1480. The molecular weight excluding hydrogens is 444 g/mol. The molecule has 0 fully saturated rings. The quantitative estimate of drug-likeness (QED) is 0.398. The molecule has 0 saturated carbocycles. The summed E-state index contributed by atoms with van der Waals surface area (Å²) in [4.78, 5) is 36.1. The normalized spacial score (nSPS) is 11.2. The van der Waals surface area contributed by atoms with Crippen LogP contribution in [0.25, 0.3) is 11.6 Å². The molecule has 4 aromatic heterocycles. The highest BCUT2D eigenvalue weighted by atomic mass is 16.5. The second-order valence-corrected chi connectivity index (χ2v) is 8.16. The molecule has 0 unspecified atom stereocenters. The molecule has 4 heterocycles. The van der Waals surface area contributed by atoms with E-state index in [1.807, 2.05) is 50.2 Å². The molecule has 9 nitrogen and oxygen atoms in total. The van der Waals surface area contributed by atoms with E-state index in [1.165, 1.54) is 9.36 Å². The van der Waals surface area contributed by atoms with E-state index in [1.54, 1.807) is 43.8 Å². The smallest absolute Gasteiger partial charge is 0.277 e. The number of hydrogen-bond acceptors (Lipinski definition) is 5. The number of aromatic amines is 2. The van der Waals surface area contributed by atoms with Crippen molar-refractivity contribution in [1.29, 1.82) is 0 Å². The number of hydrogen-bond donors (Lipinski definition) is 2. The lowest BCUT2D eigenvalue weighted by Gasteiger charge is -2.16. The molecule has 5 rings (SSSR count). The van der Waals surface area contributed by atoms with Crippen LogP contribution in [0, 0.1) is 13.8 Å². The van der Waals surface area contributed by atoms with Gasteiger partial charge in [-0.15, -0.1) is 0 Å². The second-order valence-electron chi connectivity index (χ2n) is 8.16. The minimum Gasteiger partial charge on any atom is -0.497 e. The van der Waals surface area contributed by atoms with Crippen molar-refractivity contribution in [3.05, 3.63) is 122 Å². The van der Waals surface area contributed by atoms with E-state index in [9.17, 15) is 9.59 Å². The summed E-state index contributed by atoms with van der Waals surface area (Å²) in [6.07, 6.45) is 3.25. The molecule has 5 aromatic rings. The van der Waals surface area contributed by atoms with Gasteiger partial charge in [0.1, 0.15) is 5.75 Å². The van der Waals surface area contributed by atoms with Gasteiger partial charge in [0.15, 0.2) is 11.6 Å². The summed E-state index contributed by atoms with van der Waals surface area (Å²) in [5.41, 5.74) is 2.46. The number of H-pyrrole nitrogens is 2. The number of methoxy groups -OCH3 is 1. The first kappa shape index (κ1) is 22.1. The third-order valence-corrected chi connectivity index (χ3v) is 6.02. The zero-order valence-electron chi connectivity index (χ0n) is 19.5. The van der Waals surface area contributed by atoms with Crippen LogP contribution in [0.15, 0.2) is 82.6 Å². The third-order valence-electron chi connectivity index (χ3n) is 6.02. The summed E-state index contributed by atoms with van der Waals surface area (Å²) in [5.74, 6) is 0.984. The van der Waals surface area contributed by atoms with E-state index in [0.717, 1.165) is 5.56 Å². The molecule has 1 aromatic carbocycles. The van der Waals surface area contributed by atoms with Gasteiger partial charge in [-0.25, -0.2) is 19.3 Å². The SMILES string of the molecule is COc1ccc(C(c2c(C)[nH]n(-c3ccccn3)c2=O)c2c(C)[nH]n(-c3ccccn3)c2=O)cc1. The fourth-order valence-corrected chi connectivity index (χ4v) is 4.37. The second kappa shape index (κ2) is 8.94. The van der Waals surface area contributed by atoms with E-state index in [0.29, 0.717) is 39.9 Å². The summed E-state index contributed by atoms with van der Waals surface area (Å²) in [6, 6.07) is 18.1. The highest BCUT2D eigenvalue weighted by Gasteiger charge is 2.31. The predicted molar refractivity (Wildman–Crippen MR) is 132 cm³/mol. The molecule has 0 radical (unpaired) electrons. The first-order valence-electron chi connectivity index (χ1n) is 11.1. The number of rotatable bonds is 6. The van der Waals surface area contributed by atoms with Gasteiger partial charge in [-0.3, -0.25) is 19.8 Å². The largest absolute Gasteiger partial charge is 0.497 e. The highest BCUT2D eigenvalue weighted by Crippen LogP contribution is 2.33. The van der Waals surface area contributed by atoms with Crippen LogP contribution in [0.2, 0.25) is 0 Å². The molecule has 0 aliphatic carbocycles. The molecule has 0 atom stereocenters. The number of aromatic nitrogens is 6. The molecule has 0 saturated heterocycles. The molecule has 9 heteroatoms. The topological polar surface area (TPSA) is 111 Å². The van der Waals surface area contributed by atoms with E-state index in [2.05, 4.69) is 20.2 Å². The number of benzene rings is 1. The lowest BCUT2D eigenvalue weighted by Crippen LogP contribution is -2.25. The van der Waals surface area contributed by atoms with Gasteiger partial charge in [-0.1, -0.05) is 24.3 Å². The van der Waals surface area contributed by atoms with E-state index < -0.39 is 5.92 Å². The lowest BCUT2D eigenvalue weighted by atomic mass is 9.85. The van der Waals surface area contributed by atoms with Crippen LogP contribution < -0.4 is 15.9 Å². The molecule has 35 heavy (non-hydrogen) atoms. The average molecular weight is 469 g/mol. The van der Waals surface area contributed by atoms with E-state index in [4.69, 9.17) is 4.74 Å². The van der Waals surface area contributed by atoms with Crippen LogP contribution in [-0.2, 0) is 0 Å². The standard InChI is InChI=1S/C26H24N6O3/c1-16-22(25(33)31(29-16)20-8-4-6-14-27-20)24(18-10-12-19(35-3)13-11-18)23-17(2)30-32(26(23)34)21-9-5-7-15-28-21/h4-15,24,29-30H,1-3H3. The molecule has 0 amide bonds. The van der Waals surface area contributed by atoms with Crippen molar-refractivity contribution in [3.8, 4) is 17.4 Å². The Labute approximate surface area is 200 Å². The van der Waals surface area contributed by atoms with Gasteiger partial charge in [0, 0.05) is 29.7 Å². The Morgan fingerprint density at radius 2 is 1.23 bits per heavy atom. The van der Waals surface area contributed by atoms with Gasteiger partial charge in [-0.05, 0) is 55.8 Å². The maximum Gasteiger partial charge on any atom is 0.277 e. The molecule has 0 aliphatic rings. The van der Waals surface area contributed by atoms with Crippen LogP contribution >= 0.6 is 0 Å². The van der Waals surface area contributed by atoms with Crippen LogP contribution in [0.4, 0.5) is 0 Å². The summed E-state index contributed by atoms with van der Waals surface area (Å²) in [7, 11) is 1.59. The monoisotopic (exact) mass is 468 g/mol. The minimum atomic E-state index is -0.636. The summed E-state index contributed by atoms with van der Waals surface area (Å²) >= 11 is 0. The number of pyridine rings is 2. The Kier molecular flexibility index (Phi) is 5.66. The van der Waals surface area contributed by atoms with Gasteiger partial charge in [-0.2, -0.15) is 0 Å². The molecule has 0 bridgehead atoms. The van der Waals surface area contributed by atoms with Gasteiger partial charge in [0.05, 0.1) is 18.2 Å². The maximum absolute atomic E-state index is 13.7. The summed E-state index contributed by atoms with van der Waals surface area (Å²) in [6.45, 7) is 3.65. The third kappa shape index (κ3) is 3.86. The number of nitrogens with zero attached hydrogens (tertiary/aromatic N) is 4. The Balaban J connectivity index is 1.76. The van der Waals surface area contributed by atoms with Crippen LogP contribution in [0.1, 0.15) is 34.0 Å². The first-order valence-corrected chi connectivity index (χ1v) is 11.1. The average Bonchev–Trinajstić information content (AvgIpc) is 3.36. The van der Waals surface area contributed by atoms with Crippen molar-refractivity contribution in [3.63, 3.8) is 0 Å². The fraction of sp³-hybridized carbons (Fsp3) is 0.154. The molecule has 176 valence electrons. The van der Waals surface area contributed by atoms with Gasteiger partial charge < -0.3 is 4.74 Å². The van der Waals surface area contributed by atoms with Crippen molar-refractivity contribution in [2.75, 3.05) is 7.11 Å². The Morgan fingerprint density at radius 3 is 1.63 bits per heavy atom. The zero-order valence-corrected chi connectivity index (χ0v) is 19.5.